The molecule has 0 bridgehead atoms. The summed E-state index contributed by atoms with van der Waals surface area (Å²) < 4.78 is 5.44. The van der Waals surface area contributed by atoms with Crippen LogP contribution in [0.2, 0.25) is 0 Å². The minimum atomic E-state index is -0.416. The topological polar surface area (TPSA) is 78.4 Å². The second-order valence-corrected chi connectivity index (χ2v) is 4.58. The standard InChI is InChI=1S/C17H11N3O2/c18-10-12-5-7-13(8-6-12)11-19-20-17(21)16-9-14-3-1-2-4-15(14)22-16/h1-9,11H,(H,20,21). The van der Waals surface area contributed by atoms with Gasteiger partial charge in [0.1, 0.15) is 5.58 Å². The summed E-state index contributed by atoms with van der Waals surface area (Å²) in [6.07, 6.45) is 1.50. The SMILES string of the molecule is N#Cc1ccc(C=NNC(=O)c2cc3ccccc3o2)cc1. The number of rotatable bonds is 3. The monoisotopic (exact) mass is 289 g/mol. The third kappa shape index (κ3) is 2.86. The Morgan fingerprint density at radius 3 is 2.68 bits per heavy atom. The zero-order valence-corrected chi connectivity index (χ0v) is 11.5. The summed E-state index contributed by atoms with van der Waals surface area (Å²) in [5.74, 6) is -0.209. The molecule has 1 heterocycles. The Labute approximate surface area is 126 Å². The van der Waals surface area contributed by atoms with Crippen molar-refractivity contribution in [2.24, 2.45) is 5.10 Å². The zero-order valence-electron chi connectivity index (χ0n) is 11.5. The lowest BCUT2D eigenvalue weighted by atomic mass is 10.2. The predicted octanol–water partition coefficient (Wildman–Crippen LogP) is 3.07. The molecule has 0 radical (unpaired) electrons. The van der Waals surface area contributed by atoms with Crippen LogP contribution in [-0.2, 0) is 0 Å². The molecule has 0 spiro atoms. The Kier molecular flexibility index (Phi) is 3.67. The lowest BCUT2D eigenvalue weighted by Crippen LogP contribution is -2.16. The molecule has 1 amide bonds. The van der Waals surface area contributed by atoms with Gasteiger partial charge in [-0.15, -0.1) is 0 Å². The number of hydrogen-bond donors (Lipinski definition) is 1. The lowest BCUT2D eigenvalue weighted by Gasteiger charge is -1.95. The highest BCUT2D eigenvalue weighted by Crippen LogP contribution is 2.18. The number of benzene rings is 2. The van der Waals surface area contributed by atoms with Gasteiger partial charge in [-0.05, 0) is 29.8 Å². The second-order valence-electron chi connectivity index (χ2n) is 4.58. The third-order valence-corrected chi connectivity index (χ3v) is 3.07. The first-order valence-corrected chi connectivity index (χ1v) is 6.58. The van der Waals surface area contributed by atoms with Crippen molar-refractivity contribution < 1.29 is 9.21 Å². The van der Waals surface area contributed by atoms with Crippen LogP contribution in [0.1, 0.15) is 21.7 Å². The van der Waals surface area contributed by atoms with Gasteiger partial charge in [0.15, 0.2) is 5.76 Å². The normalized spacial score (nSPS) is 10.7. The van der Waals surface area contributed by atoms with Gasteiger partial charge in [0, 0.05) is 5.39 Å². The molecule has 0 fully saturated rings. The van der Waals surface area contributed by atoms with Crippen molar-refractivity contribution in [2.75, 3.05) is 0 Å². The second kappa shape index (κ2) is 5.94. The van der Waals surface area contributed by atoms with Crippen LogP contribution in [0.4, 0.5) is 0 Å². The summed E-state index contributed by atoms with van der Waals surface area (Å²) in [4.78, 5) is 11.9. The van der Waals surface area contributed by atoms with Crippen molar-refractivity contribution >= 4 is 23.1 Å². The van der Waals surface area contributed by atoms with Crippen molar-refractivity contribution in [1.82, 2.24) is 5.43 Å². The van der Waals surface area contributed by atoms with Crippen molar-refractivity contribution in [3.63, 3.8) is 0 Å². The molecular weight excluding hydrogens is 278 g/mol. The predicted molar refractivity (Wildman–Crippen MR) is 82.4 cm³/mol. The number of amides is 1. The minimum absolute atomic E-state index is 0.207. The fourth-order valence-electron chi connectivity index (χ4n) is 1.96. The fraction of sp³-hybridized carbons (Fsp3) is 0. The number of fused-ring (bicyclic) bond motifs is 1. The van der Waals surface area contributed by atoms with E-state index in [4.69, 9.17) is 9.68 Å². The van der Waals surface area contributed by atoms with E-state index in [-0.39, 0.29) is 5.76 Å². The number of para-hydroxylation sites is 1. The number of hydrazone groups is 1. The third-order valence-electron chi connectivity index (χ3n) is 3.07. The number of furan rings is 1. The van der Waals surface area contributed by atoms with Crippen molar-refractivity contribution in [2.45, 2.75) is 0 Å². The van der Waals surface area contributed by atoms with E-state index in [1.807, 2.05) is 24.3 Å². The van der Waals surface area contributed by atoms with Crippen LogP contribution < -0.4 is 5.43 Å². The molecule has 22 heavy (non-hydrogen) atoms. The Morgan fingerprint density at radius 1 is 1.18 bits per heavy atom. The molecule has 3 rings (SSSR count). The molecule has 106 valence electrons. The molecule has 5 nitrogen and oxygen atoms in total. The Hall–Kier alpha value is -3.39. The molecule has 5 heteroatoms. The van der Waals surface area contributed by atoms with Gasteiger partial charge in [-0.25, -0.2) is 5.43 Å². The highest BCUT2D eigenvalue weighted by Gasteiger charge is 2.10. The molecular formula is C17H11N3O2. The van der Waals surface area contributed by atoms with E-state index in [0.717, 1.165) is 10.9 Å². The first kappa shape index (κ1) is 13.6. The summed E-state index contributed by atoms with van der Waals surface area (Å²) in [6.45, 7) is 0. The minimum Gasteiger partial charge on any atom is -0.451 e. The number of nitriles is 1. The van der Waals surface area contributed by atoms with Gasteiger partial charge in [-0.2, -0.15) is 10.4 Å². The van der Waals surface area contributed by atoms with Gasteiger partial charge >= 0.3 is 5.91 Å². The maximum Gasteiger partial charge on any atom is 0.307 e. The van der Waals surface area contributed by atoms with E-state index in [1.54, 1.807) is 36.4 Å². The average molecular weight is 289 g/mol. The summed E-state index contributed by atoms with van der Waals surface area (Å²) in [5.41, 5.74) is 4.42. The van der Waals surface area contributed by atoms with E-state index in [2.05, 4.69) is 10.5 Å². The molecule has 0 saturated heterocycles. The first-order chi connectivity index (χ1) is 10.8. The largest absolute Gasteiger partial charge is 0.451 e. The van der Waals surface area contributed by atoms with Gasteiger partial charge in [0.05, 0.1) is 17.8 Å². The highest BCUT2D eigenvalue weighted by atomic mass is 16.3. The maximum atomic E-state index is 11.9. The fourth-order valence-corrected chi connectivity index (χ4v) is 1.96. The number of carbonyl (C=O) groups is 1. The van der Waals surface area contributed by atoms with Crippen LogP contribution in [0.25, 0.3) is 11.0 Å². The Balaban J connectivity index is 1.68. The molecule has 0 unspecified atom stereocenters. The van der Waals surface area contributed by atoms with Gasteiger partial charge in [0.2, 0.25) is 0 Å². The summed E-state index contributed by atoms with van der Waals surface area (Å²) in [7, 11) is 0. The molecule has 1 aromatic heterocycles. The van der Waals surface area contributed by atoms with Gasteiger partial charge in [0.25, 0.3) is 0 Å². The number of carbonyl (C=O) groups excluding carboxylic acids is 1. The molecule has 0 aliphatic rings. The van der Waals surface area contributed by atoms with Gasteiger partial charge in [-0.1, -0.05) is 30.3 Å². The van der Waals surface area contributed by atoms with E-state index in [0.29, 0.717) is 11.1 Å². The summed E-state index contributed by atoms with van der Waals surface area (Å²) in [5, 5.41) is 13.5. The van der Waals surface area contributed by atoms with Crippen molar-refractivity contribution in [1.29, 1.82) is 5.26 Å². The molecule has 0 aliphatic heterocycles. The highest BCUT2D eigenvalue weighted by molar-refractivity contribution is 5.96. The van der Waals surface area contributed by atoms with E-state index in [1.165, 1.54) is 6.21 Å². The van der Waals surface area contributed by atoms with E-state index < -0.39 is 5.91 Å². The van der Waals surface area contributed by atoms with Crippen LogP contribution in [0, 0.1) is 11.3 Å². The molecule has 0 atom stereocenters. The first-order valence-electron chi connectivity index (χ1n) is 6.58. The Bertz CT molecular complexity index is 853. The van der Waals surface area contributed by atoms with Crippen molar-refractivity contribution in [3.8, 4) is 6.07 Å². The maximum absolute atomic E-state index is 11.9. The van der Waals surface area contributed by atoms with Crippen LogP contribution >= 0.6 is 0 Å². The number of nitrogens with one attached hydrogen (secondary N) is 1. The van der Waals surface area contributed by atoms with Crippen LogP contribution in [-0.4, -0.2) is 12.1 Å². The molecule has 1 N–H and O–H groups in total. The number of hydrogen-bond acceptors (Lipinski definition) is 4. The quantitative estimate of drug-likeness (QED) is 0.594. The van der Waals surface area contributed by atoms with Gasteiger partial charge < -0.3 is 4.42 Å². The molecule has 0 saturated carbocycles. The molecule has 2 aromatic carbocycles. The smallest absolute Gasteiger partial charge is 0.307 e. The number of nitrogens with zero attached hydrogens (tertiary/aromatic N) is 2. The van der Waals surface area contributed by atoms with Crippen LogP contribution in [0.15, 0.2) is 64.1 Å². The average Bonchev–Trinajstić information content (AvgIpc) is 2.99. The Morgan fingerprint density at radius 2 is 1.95 bits per heavy atom. The molecule has 0 aliphatic carbocycles. The lowest BCUT2D eigenvalue weighted by molar-refractivity contribution is 0.0929. The summed E-state index contributed by atoms with van der Waals surface area (Å²) >= 11 is 0. The van der Waals surface area contributed by atoms with Crippen molar-refractivity contribution in [3.05, 3.63) is 71.5 Å². The van der Waals surface area contributed by atoms with Gasteiger partial charge in [-0.3, -0.25) is 4.79 Å². The van der Waals surface area contributed by atoms with E-state index >= 15 is 0 Å². The summed E-state index contributed by atoms with van der Waals surface area (Å²) in [6, 6.07) is 18.0. The molecule has 3 aromatic rings. The van der Waals surface area contributed by atoms with Crippen LogP contribution in [0.3, 0.4) is 0 Å². The zero-order chi connectivity index (χ0) is 15.4. The van der Waals surface area contributed by atoms with Crippen LogP contribution in [0.5, 0.6) is 0 Å². The van der Waals surface area contributed by atoms with E-state index in [9.17, 15) is 4.79 Å².